The van der Waals surface area contributed by atoms with Crippen LogP contribution in [0.1, 0.15) is 38.7 Å². The lowest BCUT2D eigenvalue weighted by Crippen LogP contribution is -2.33. The molecule has 0 spiro atoms. The quantitative estimate of drug-likeness (QED) is 0.904. The number of fused-ring (bicyclic) bond motifs is 1. The van der Waals surface area contributed by atoms with E-state index < -0.39 is 5.60 Å². The maximum atomic E-state index is 11.2. The van der Waals surface area contributed by atoms with E-state index in [0.29, 0.717) is 6.04 Å². The van der Waals surface area contributed by atoms with Gasteiger partial charge in [0, 0.05) is 22.8 Å². The summed E-state index contributed by atoms with van der Waals surface area (Å²) < 4.78 is 1.26. The molecule has 0 amide bonds. The molecule has 1 aliphatic rings. The van der Waals surface area contributed by atoms with E-state index in [2.05, 4.69) is 48.4 Å². The number of hydrogen-bond donors (Lipinski definition) is 1. The van der Waals surface area contributed by atoms with Crippen molar-refractivity contribution >= 4 is 21.4 Å². The molecule has 1 N–H and O–H groups in total. The van der Waals surface area contributed by atoms with Gasteiger partial charge in [0.15, 0.2) is 0 Å². The van der Waals surface area contributed by atoms with Crippen LogP contribution in [0.3, 0.4) is 0 Å². The van der Waals surface area contributed by atoms with E-state index in [1.54, 1.807) is 11.3 Å². The van der Waals surface area contributed by atoms with Crippen molar-refractivity contribution in [2.75, 3.05) is 13.1 Å². The van der Waals surface area contributed by atoms with Crippen LogP contribution in [0.2, 0.25) is 0 Å². The fourth-order valence-electron chi connectivity index (χ4n) is 3.29. The van der Waals surface area contributed by atoms with Gasteiger partial charge in [-0.2, -0.15) is 0 Å². The first kappa shape index (κ1) is 14.1. The Morgan fingerprint density at radius 2 is 2.05 bits per heavy atom. The first-order valence-corrected chi connectivity index (χ1v) is 8.41. The molecule has 3 rings (SSSR count). The van der Waals surface area contributed by atoms with Gasteiger partial charge in [0.1, 0.15) is 0 Å². The summed E-state index contributed by atoms with van der Waals surface area (Å²) in [5.74, 6) is 0. The minimum atomic E-state index is -0.659. The van der Waals surface area contributed by atoms with Crippen molar-refractivity contribution in [1.82, 2.24) is 4.90 Å². The van der Waals surface area contributed by atoms with Gasteiger partial charge in [-0.05, 0) is 56.5 Å². The second-order valence-electron chi connectivity index (χ2n) is 6.16. The van der Waals surface area contributed by atoms with Gasteiger partial charge in [0.05, 0.1) is 5.60 Å². The maximum absolute atomic E-state index is 11.2. The van der Waals surface area contributed by atoms with Crippen LogP contribution in [-0.4, -0.2) is 29.1 Å². The van der Waals surface area contributed by atoms with Gasteiger partial charge in [0.25, 0.3) is 0 Å². The normalized spacial score (nSPS) is 25.2. The predicted octanol–water partition coefficient (Wildman–Crippen LogP) is 3.98. The lowest BCUT2D eigenvalue weighted by molar-refractivity contribution is 0.0220. The van der Waals surface area contributed by atoms with Crippen LogP contribution < -0.4 is 0 Å². The summed E-state index contributed by atoms with van der Waals surface area (Å²) in [5, 5.41) is 14.6. The lowest BCUT2D eigenvalue weighted by Gasteiger charge is -2.29. The molecule has 108 valence electrons. The number of nitrogens with zero attached hydrogens (tertiary/aromatic N) is 1. The minimum absolute atomic E-state index is 0.565. The number of thiophene rings is 1. The van der Waals surface area contributed by atoms with Crippen LogP contribution in [0.5, 0.6) is 0 Å². The van der Waals surface area contributed by atoms with Crippen LogP contribution in [0.4, 0.5) is 0 Å². The Kier molecular flexibility index (Phi) is 3.85. The molecule has 3 heteroatoms. The zero-order chi connectivity index (χ0) is 14.2. The van der Waals surface area contributed by atoms with Gasteiger partial charge in [-0.25, -0.2) is 0 Å². The number of benzene rings is 1. The summed E-state index contributed by atoms with van der Waals surface area (Å²) in [5.41, 5.74) is 0.476. The Labute approximate surface area is 125 Å². The third-order valence-electron chi connectivity index (χ3n) is 4.56. The van der Waals surface area contributed by atoms with E-state index >= 15 is 0 Å². The molecule has 1 saturated heterocycles. The molecule has 2 heterocycles. The number of rotatable bonds is 2. The van der Waals surface area contributed by atoms with Gasteiger partial charge >= 0.3 is 0 Å². The smallest absolute Gasteiger partial charge is 0.0923 e. The molecule has 1 fully saturated rings. The number of likely N-dealkylation sites (tertiary alicyclic amines) is 1. The largest absolute Gasteiger partial charge is 0.385 e. The molecule has 2 nitrogen and oxygen atoms in total. The summed E-state index contributed by atoms with van der Waals surface area (Å²) in [6, 6.07) is 9.03. The molecule has 0 radical (unpaired) electrons. The topological polar surface area (TPSA) is 23.5 Å². The Morgan fingerprint density at radius 1 is 1.20 bits per heavy atom. The standard InChI is InChI=1S/C17H23NOS/c1-13(2)18-10-4-8-17(19,9-11-18)15-6-3-5-14-7-12-20-16(14)15/h3,5-7,12-13,19H,4,8-11H2,1-2H3. The van der Waals surface area contributed by atoms with Crippen LogP contribution in [0, 0.1) is 0 Å². The molecule has 0 saturated carbocycles. The average Bonchev–Trinajstić information content (AvgIpc) is 2.81. The van der Waals surface area contributed by atoms with E-state index in [9.17, 15) is 5.11 Å². The van der Waals surface area contributed by atoms with Gasteiger partial charge in [-0.15, -0.1) is 11.3 Å². The second kappa shape index (κ2) is 5.47. The van der Waals surface area contributed by atoms with Crippen molar-refractivity contribution in [3.63, 3.8) is 0 Å². The molecule has 2 aromatic rings. The Balaban J connectivity index is 1.94. The molecule has 20 heavy (non-hydrogen) atoms. The summed E-state index contributed by atoms with van der Waals surface area (Å²) >= 11 is 1.75. The molecular formula is C17H23NOS. The summed E-state index contributed by atoms with van der Waals surface area (Å²) in [4.78, 5) is 2.48. The van der Waals surface area contributed by atoms with Gasteiger partial charge < -0.3 is 10.0 Å². The van der Waals surface area contributed by atoms with Crippen molar-refractivity contribution < 1.29 is 5.11 Å². The zero-order valence-electron chi connectivity index (χ0n) is 12.3. The second-order valence-corrected chi connectivity index (χ2v) is 7.08. The molecule has 0 bridgehead atoms. The van der Waals surface area contributed by atoms with E-state index in [-0.39, 0.29) is 0 Å². The third-order valence-corrected chi connectivity index (χ3v) is 5.52. The first-order chi connectivity index (χ1) is 9.60. The van der Waals surface area contributed by atoms with Crippen LogP contribution >= 0.6 is 11.3 Å². The van der Waals surface area contributed by atoms with Crippen LogP contribution in [0.15, 0.2) is 29.6 Å². The number of hydrogen-bond acceptors (Lipinski definition) is 3. The SMILES string of the molecule is CC(C)N1CCCC(O)(c2cccc3ccsc23)CC1. The van der Waals surface area contributed by atoms with Crippen molar-refractivity contribution in [3.05, 3.63) is 35.2 Å². The monoisotopic (exact) mass is 289 g/mol. The highest BCUT2D eigenvalue weighted by atomic mass is 32.1. The first-order valence-electron chi connectivity index (χ1n) is 7.53. The highest BCUT2D eigenvalue weighted by Crippen LogP contribution is 2.39. The highest BCUT2D eigenvalue weighted by molar-refractivity contribution is 7.17. The van der Waals surface area contributed by atoms with Crippen LogP contribution in [0.25, 0.3) is 10.1 Å². The van der Waals surface area contributed by atoms with Crippen molar-refractivity contribution in [2.45, 2.75) is 44.8 Å². The van der Waals surface area contributed by atoms with E-state index in [1.807, 2.05) is 0 Å². The molecule has 1 atom stereocenters. The van der Waals surface area contributed by atoms with E-state index in [0.717, 1.165) is 37.9 Å². The minimum Gasteiger partial charge on any atom is -0.385 e. The lowest BCUT2D eigenvalue weighted by atomic mass is 9.86. The maximum Gasteiger partial charge on any atom is 0.0923 e. The molecule has 1 unspecified atom stereocenters. The Hall–Kier alpha value is -0.900. The number of aliphatic hydroxyl groups is 1. The predicted molar refractivity (Wildman–Crippen MR) is 86.3 cm³/mol. The molecule has 1 aromatic carbocycles. The molecule has 1 aromatic heterocycles. The van der Waals surface area contributed by atoms with Crippen LogP contribution in [-0.2, 0) is 5.60 Å². The molecular weight excluding hydrogens is 266 g/mol. The highest BCUT2D eigenvalue weighted by Gasteiger charge is 2.33. The van der Waals surface area contributed by atoms with Crippen molar-refractivity contribution in [1.29, 1.82) is 0 Å². The Morgan fingerprint density at radius 3 is 2.85 bits per heavy atom. The van der Waals surface area contributed by atoms with Gasteiger partial charge in [-0.1, -0.05) is 18.2 Å². The van der Waals surface area contributed by atoms with Gasteiger partial charge in [-0.3, -0.25) is 0 Å². The van der Waals surface area contributed by atoms with E-state index in [1.165, 1.54) is 10.1 Å². The molecule has 1 aliphatic heterocycles. The summed E-state index contributed by atoms with van der Waals surface area (Å²) in [6.45, 7) is 6.56. The zero-order valence-corrected chi connectivity index (χ0v) is 13.1. The van der Waals surface area contributed by atoms with Gasteiger partial charge in [0.2, 0.25) is 0 Å². The average molecular weight is 289 g/mol. The summed E-state index contributed by atoms with van der Waals surface area (Å²) in [6.07, 6.45) is 2.77. The molecule has 0 aliphatic carbocycles. The Bertz CT molecular complexity index is 591. The fourth-order valence-corrected chi connectivity index (χ4v) is 4.29. The van der Waals surface area contributed by atoms with Crippen molar-refractivity contribution in [2.24, 2.45) is 0 Å². The van der Waals surface area contributed by atoms with Crippen molar-refractivity contribution in [3.8, 4) is 0 Å². The fraction of sp³-hybridized carbons (Fsp3) is 0.529. The van der Waals surface area contributed by atoms with E-state index in [4.69, 9.17) is 0 Å². The summed E-state index contributed by atoms with van der Waals surface area (Å²) in [7, 11) is 0. The third kappa shape index (κ3) is 2.50.